The molecule has 1 fully saturated rings. The van der Waals surface area contributed by atoms with Crippen LogP contribution >= 0.6 is 0 Å². The van der Waals surface area contributed by atoms with Crippen LogP contribution in [0, 0.1) is 5.92 Å². The van der Waals surface area contributed by atoms with Crippen molar-refractivity contribution in [3.05, 3.63) is 29.3 Å². The molecule has 0 aliphatic heterocycles. The molecule has 0 aromatic heterocycles. The van der Waals surface area contributed by atoms with E-state index in [1.807, 2.05) is 0 Å². The van der Waals surface area contributed by atoms with Crippen LogP contribution in [0.2, 0.25) is 0 Å². The van der Waals surface area contributed by atoms with Gasteiger partial charge in [0, 0.05) is 6.54 Å². The summed E-state index contributed by atoms with van der Waals surface area (Å²) in [5.74, 6) is 0.854. The molecule has 2 unspecified atom stereocenters. The van der Waals surface area contributed by atoms with Gasteiger partial charge in [-0.05, 0) is 42.9 Å². The van der Waals surface area contributed by atoms with Crippen LogP contribution in [0.3, 0.4) is 0 Å². The molecule has 1 aromatic rings. The summed E-state index contributed by atoms with van der Waals surface area (Å²) in [6.07, 6.45) is -0.333. The van der Waals surface area contributed by atoms with Crippen LogP contribution in [0.5, 0.6) is 5.75 Å². The lowest BCUT2D eigenvalue weighted by atomic mass is 9.88. The molecule has 0 amide bonds. The van der Waals surface area contributed by atoms with Crippen LogP contribution < -0.4 is 10.5 Å². The van der Waals surface area contributed by atoms with Crippen molar-refractivity contribution in [1.29, 1.82) is 0 Å². The van der Waals surface area contributed by atoms with Crippen molar-refractivity contribution in [2.45, 2.75) is 51.4 Å². The number of halogens is 3. The monoisotopic (exact) mass is 287 g/mol. The van der Waals surface area contributed by atoms with Gasteiger partial charge in [-0.1, -0.05) is 19.4 Å². The summed E-state index contributed by atoms with van der Waals surface area (Å²) in [4.78, 5) is 0. The molecule has 1 aliphatic carbocycles. The van der Waals surface area contributed by atoms with E-state index in [2.05, 4.69) is 6.92 Å². The molecule has 2 N–H and O–H groups in total. The average molecular weight is 287 g/mol. The second kappa shape index (κ2) is 6.04. The Morgan fingerprint density at radius 3 is 2.65 bits per heavy atom. The van der Waals surface area contributed by atoms with Gasteiger partial charge in [0.2, 0.25) is 0 Å². The van der Waals surface area contributed by atoms with Crippen molar-refractivity contribution in [2.24, 2.45) is 11.7 Å². The van der Waals surface area contributed by atoms with Crippen molar-refractivity contribution < 1.29 is 17.9 Å². The van der Waals surface area contributed by atoms with Crippen molar-refractivity contribution in [3.63, 3.8) is 0 Å². The Morgan fingerprint density at radius 2 is 2.05 bits per heavy atom. The molecule has 0 bridgehead atoms. The van der Waals surface area contributed by atoms with Crippen LogP contribution in [0.25, 0.3) is 0 Å². The Bertz CT molecular complexity index is 459. The molecule has 0 radical (unpaired) electrons. The molecule has 112 valence electrons. The first-order valence-corrected chi connectivity index (χ1v) is 6.97. The van der Waals surface area contributed by atoms with E-state index >= 15 is 0 Å². The lowest BCUT2D eigenvalue weighted by molar-refractivity contribution is -0.138. The zero-order chi connectivity index (χ0) is 14.8. The Balaban J connectivity index is 2.16. The molecule has 0 saturated heterocycles. The van der Waals surface area contributed by atoms with E-state index in [1.54, 1.807) is 6.07 Å². The molecule has 0 spiro atoms. The fraction of sp³-hybridized carbons (Fsp3) is 0.600. The first kappa shape index (κ1) is 15.2. The van der Waals surface area contributed by atoms with E-state index < -0.39 is 11.7 Å². The highest BCUT2D eigenvalue weighted by molar-refractivity contribution is 5.37. The zero-order valence-corrected chi connectivity index (χ0v) is 11.5. The molecule has 2 nitrogen and oxygen atoms in total. The molecule has 20 heavy (non-hydrogen) atoms. The van der Waals surface area contributed by atoms with Gasteiger partial charge < -0.3 is 10.5 Å². The third-order valence-corrected chi connectivity index (χ3v) is 3.80. The predicted octanol–water partition coefficient (Wildman–Crippen LogP) is 4.12. The summed E-state index contributed by atoms with van der Waals surface area (Å²) < 4.78 is 44.6. The average Bonchev–Trinajstić information content (AvgIpc) is 2.37. The minimum atomic E-state index is -4.39. The van der Waals surface area contributed by atoms with Gasteiger partial charge in [-0.25, -0.2) is 0 Å². The maximum Gasteiger partial charge on any atom is 0.416 e. The summed E-state index contributed by atoms with van der Waals surface area (Å²) >= 11 is 0. The first-order valence-electron chi connectivity index (χ1n) is 6.97. The van der Waals surface area contributed by atoms with Crippen LogP contribution in [0.15, 0.2) is 18.2 Å². The minimum absolute atomic E-state index is 0.0172. The standard InChI is InChI=1S/C15H20F3NO/c1-10-3-2-4-12(7-10)20-13-6-5-11(9-19)14(8-13)15(16,17)18/h5-6,8,10,12H,2-4,7,9,19H2,1H3. The maximum atomic E-state index is 12.9. The fourth-order valence-corrected chi connectivity index (χ4v) is 2.75. The zero-order valence-electron chi connectivity index (χ0n) is 11.5. The normalized spacial score (nSPS) is 23.6. The fourth-order valence-electron chi connectivity index (χ4n) is 2.75. The van der Waals surface area contributed by atoms with Crippen molar-refractivity contribution in [1.82, 2.24) is 0 Å². The lowest BCUT2D eigenvalue weighted by Crippen LogP contribution is -2.24. The summed E-state index contributed by atoms with van der Waals surface area (Å²) in [6.45, 7) is 2.02. The van der Waals surface area contributed by atoms with Crippen LogP contribution in [0.1, 0.15) is 43.7 Å². The Kier molecular flexibility index (Phi) is 4.58. The van der Waals surface area contributed by atoms with E-state index in [-0.39, 0.29) is 24.0 Å². The number of hydrogen-bond acceptors (Lipinski definition) is 2. The third kappa shape index (κ3) is 3.66. The smallest absolute Gasteiger partial charge is 0.416 e. The summed E-state index contributed by atoms with van der Waals surface area (Å²) in [5, 5.41) is 0. The van der Waals surface area contributed by atoms with Gasteiger partial charge in [0.25, 0.3) is 0 Å². The number of hydrogen-bond donors (Lipinski definition) is 1. The van der Waals surface area contributed by atoms with Gasteiger partial charge in [0.15, 0.2) is 0 Å². The highest BCUT2D eigenvalue weighted by atomic mass is 19.4. The quantitative estimate of drug-likeness (QED) is 0.907. The molecule has 2 atom stereocenters. The third-order valence-electron chi connectivity index (χ3n) is 3.80. The van der Waals surface area contributed by atoms with Crippen molar-refractivity contribution in [2.75, 3.05) is 0 Å². The largest absolute Gasteiger partial charge is 0.490 e. The first-order chi connectivity index (χ1) is 9.40. The van der Waals surface area contributed by atoms with E-state index in [0.29, 0.717) is 5.92 Å². The number of alkyl halides is 3. The number of nitrogens with two attached hydrogens (primary N) is 1. The van der Waals surface area contributed by atoms with Gasteiger partial charge in [-0.15, -0.1) is 0 Å². The van der Waals surface area contributed by atoms with Crippen LogP contribution in [-0.2, 0) is 12.7 Å². The van der Waals surface area contributed by atoms with E-state index in [1.165, 1.54) is 12.5 Å². The van der Waals surface area contributed by atoms with Gasteiger partial charge >= 0.3 is 6.18 Å². The molecule has 2 rings (SSSR count). The summed E-state index contributed by atoms with van der Waals surface area (Å²) in [5.41, 5.74) is 4.76. The highest BCUT2D eigenvalue weighted by Crippen LogP contribution is 2.35. The molecule has 1 aromatic carbocycles. The molecule has 5 heteroatoms. The maximum absolute atomic E-state index is 12.9. The van der Waals surface area contributed by atoms with Crippen LogP contribution in [-0.4, -0.2) is 6.10 Å². The van der Waals surface area contributed by atoms with Crippen LogP contribution in [0.4, 0.5) is 13.2 Å². The van der Waals surface area contributed by atoms with Gasteiger partial charge in [0.1, 0.15) is 5.75 Å². The minimum Gasteiger partial charge on any atom is -0.490 e. The number of rotatable bonds is 3. The Morgan fingerprint density at radius 1 is 1.30 bits per heavy atom. The van der Waals surface area contributed by atoms with Crippen molar-refractivity contribution in [3.8, 4) is 5.75 Å². The van der Waals surface area contributed by atoms with E-state index in [9.17, 15) is 13.2 Å². The number of ether oxygens (including phenoxy) is 1. The second-order valence-electron chi connectivity index (χ2n) is 5.53. The topological polar surface area (TPSA) is 35.2 Å². The Labute approximate surface area is 117 Å². The Hall–Kier alpha value is -1.23. The molecule has 1 aliphatic rings. The SMILES string of the molecule is CC1CCCC(Oc2ccc(CN)c(C(F)(F)F)c2)C1. The molecular formula is C15H20F3NO. The van der Waals surface area contributed by atoms with Gasteiger partial charge in [-0.3, -0.25) is 0 Å². The predicted molar refractivity (Wildman–Crippen MR) is 71.4 cm³/mol. The second-order valence-corrected chi connectivity index (χ2v) is 5.53. The van der Waals surface area contributed by atoms with E-state index in [0.717, 1.165) is 25.3 Å². The van der Waals surface area contributed by atoms with Gasteiger partial charge in [0.05, 0.1) is 11.7 Å². The number of benzene rings is 1. The lowest BCUT2D eigenvalue weighted by Gasteiger charge is -2.27. The molecular weight excluding hydrogens is 267 g/mol. The van der Waals surface area contributed by atoms with Gasteiger partial charge in [-0.2, -0.15) is 13.2 Å². The van der Waals surface area contributed by atoms with E-state index in [4.69, 9.17) is 10.5 Å². The molecule has 1 saturated carbocycles. The molecule has 0 heterocycles. The highest BCUT2D eigenvalue weighted by Gasteiger charge is 2.33. The summed E-state index contributed by atoms with van der Waals surface area (Å²) in [7, 11) is 0. The van der Waals surface area contributed by atoms with Crippen molar-refractivity contribution >= 4 is 0 Å². The summed E-state index contributed by atoms with van der Waals surface area (Å²) in [6, 6.07) is 4.06.